The van der Waals surface area contributed by atoms with Gasteiger partial charge in [0.05, 0.1) is 29.0 Å². The molecule has 2 fully saturated rings. The van der Waals surface area contributed by atoms with E-state index in [2.05, 4.69) is 4.90 Å². The molecular weight excluding hydrogens is 536 g/mol. The van der Waals surface area contributed by atoms with Gasteiger partial charge in [-0.1, -0.05) is 13.3 Å². The maximum absolute atomic E-state index is 13.5. The molecule has 4 aliphatic heterocycles. The quantitative estimate of drug-likeness (QED) is 0.370. The molecule has 1 amide bonds. The minimum absolute atomic E-state index is 0.166. The number of cyclic esters (lactones) is 1. The number of aromatic nitrogens is 2. The number of pyridine rings is 2. The number of hydrogen-bond donors (Lipinski definition) is 1. The van der Waals surface area contributed by atoms with Crippen molar-refractivity contribution in [1.29, 1.82) is 0 Å². The van der Waals surface area contributed by atoms with Gasteiger partial charge in [-0.3, -0.25) is 4.79 Å². The molecule has 0 bridgehead atoms. The zero-order valence-electron chi connectivity index (χ0n) is 24.1. The summed E-state index contributed by atoms with van der Waals surface area (Å²) in [4.78, 5) is 48.1. The van der Waals surface area contributed by atoms with E-state index in [1.54, 1.807) is 21.6 Å². The topological polar surface area (TPSA) is 114 Å². The molecular formula is C32H36N4O6. The first-order chi connectivity index (χ1) is 20.3. The maximum atomic E-state index is 13.5. The number of nitrogens with zero attached hydrogens (tertiary/aromatic N) is 4. The lowest BCUT2D eigenvalue weighted by Crippen LogP contribution is -2.48. The summed E-state index contributed by atoms with van der Waals surface area (Å²) in [6, 6.07) is 7.72. The Kier molecular flexibility index (Phi) is 6.58. The van der Waals surface area contributed by atoms with Crippen molar-refractivity contribution in [2.75, 3.05) is 26.2 Å². The molecule has 4 aliphatic rings. The van der Waals surface area contributed by atoms with Gasteiger partial charge in [0.25, 0.3) is 5.56 Å². The van der Waals surface area contributed by atoms with Crippen molar-refractivity contribution in [3.8, 4) is 17.1 Å². The molecule has 1 atom stereocenters. The average molecular weight is 573 g/mol. The Balaban J connectivity index is 1.16. The van der Waals surface area contributed by atoms with Crippen molar-refractivity contribution >= 4 is 23.0 Å². The minimum Gasteiger partial charge on any atom is -0.458 e. The number of fused-ring (bicyclic) bond motifs is 5. The number of hydrogen-bond acceptors (Lipinski definition) is 8. The molecule has 10 heteroatoms. The van der Waals surface area contributed by atoms with Gasteiger partial charge >= 0.3 is 12.1 Å². The Morgan fingerprint density at radius 3 is 2.60 bits per heavy atom. The zero-order valence-corrected chi connectivity index (χ0v) is 24.1. The van der Waals surface area contributed by atoms with E-state index in [1.807, 2.05) is 19.1 Å². The monoisotopic (exact) mass is 572 g/mol. The summed E-state index contributed by atoms with van der Waals surface area (Å²) >= 11 is 0. The molecule has 0 radical (unpaired) electrons. The molecule has 6 heterocycles. The number of ether oxygens (including phenoxy) is 2. The lowest BCUT2D eigenvalue weighted by Gasteiger charge is -2.39. The van der Waals surface area contributed by atoms with E-state index in [4.69, 9.17) is 14.5 Å². The van der Waals surface area contributed by atoms with E-state index in [0.29, 0.717) is 49.2 Å². The van der Waals surface area contributed by atoms with Crippen molar-refractivity contribution < 1.29 is 24.2 Å². The van der Waals surface area contributed by atoms with Crippen molar-refractivity contribution in [3.63, 3.8) is 0 Å². The number of carbonyl (C=O) groups is 2. The molecule has 1 aromatic carbocycles. The highest BCUT2D eigenvalue weighted by Gasteiger charge is 2.43. The highest BCUT2D eigenvalue weighted by Crippen LogP contribution is 2.40. The first-order valence-corrected chi connectivity index (χ1v) is 15.1. The largest absolute Gasteiger partial charge is 0.458 e. The van der Waals surface area contributed by atoms with Gasteiger partial charge in [-0.15, -0.1) is 0 Å². The van der Waals surface area contributed by atoms with E-state index >= 15 is 0 Å². The number of piperidine rings is 2. The van der Waals surface area contributed by atoms with Gasteiger partial charge in [0.2, 0.25) is 0 Å². The highest BCUT2D eigenvalue weighted by atomic mass is 16.6. The van der Waals surface area contributed by atoms with Crippen LogP contribution in [0.4, 0.5) is 4.79 Å². The van der Waals surface area contributed by atoms with Gasteiger partial charge in [-0.2, -0.15) is 0 Å². The number of likely N-dealkylation sites (tertiary alicyclic amines) is 2. The molecule has 7 rings (SSSR count). The zero-order chi connectivity index (χ0) is 29.2. The normalized spacial score (nSPS) is 22.5. The molecule has 3 aromatic rings. The Bertz CT molecular complexity index is 1660. The number of aliphatic hydroxyl groups is 1. The third kappa shape index (κ3) is 4.31. The van der Waals surface area contributed by atoms with Crippen LogP contribution in [0.3, 0.4) is 0 Å². The van der Waals surface area contributed by atoms with Crippen LogP contribution in [0.15, 0.2) is 29.1 Å². The number of esters is 1. The van der Waals surface area contributed by atoms with E-state index in [0.717, 1.165) is 34.9 Å². The molecule has 2 aromatic heterocycles. The maximum Gasteiger partial charge on any atom is 0.415 e. The van der Waals surface area contributed by atoms with Crippen LogP contribution >= 0.6 is 0 Å². The van der Waals surface area contributed by atoms with Crippen LogP contribution in [0, 0.1) is 0 Å². The molecule has 42 heavy (non-hydrogen) atoms. The molecule has 2 saturated heterocycles. The summed E-state index contributed by atoms with van der Waals surface area (Å²) in [5.41, 5.74) is 2.25. The van der Waals surface area contributed by atoms with Crippen molar-refractivity contribution in [2.24, 2.45) is 0 Å². The molecule has 0 unspecified atom stereocenters. The van der Waals surface area contributed by atoms with Crippen molar-refractivity contribution in [1.82, 2.24) is 19.4 Å². The van der Waals surface area contributed by atoms with Crippen LogP contribution < -0.4 is 10.3 Å². The lowest BCUT2D eigenvalue weighted by atomic mass is 9.89. The number of carbonyl (C=O) groups excluding carboxylic acids is 2. The number of amides is 1. The lowest BCUT2D eigenvalue weighted by molar-refractivity contribution is -0.169. The Hall–Kier alpha value is -3.76. The van der Waals surface area contributed by atoms with Gasteiger partial charge in [0, 0.05) is 35.6 Å². The van der Waals surface area contributed by atoms with Gasteiger partial charge in [-0.25, -0.2) is 14.6 Å². The fourth-order valence-corrected chi connectivity index (χ4v) is 7.22. The van der Waals surface area contributed by atoms with Crippen LogP contribution in [0.2, 0.25) is 0 Å². The van der Waals surface area contributed by atoms with Gasteiger partial charge < -0.3 is 28.9 Å². The average Bonchev–Trinajstić information content (AvgIpc) is 3.37. The van der Waals surface area contributed by atoms with Gasteiger partial charge in [-0.05, 0) is 81.9 Å². The predicted octanol–water partition coefficient (Wildman–Crippen LogP) is 3.70. The number of rotatable bonds is 3. The van der Waals surface area contributed by atoms with E-state index in [9.17, 15) is 19.5 Å². The van der Waals surface area contributed by atoms with E-state index in [-0.39, 0.29) is 29.4 Å². The third-order valence-electron chi connectivity index (χ3n) is 9.59. The first kappa shape index (κ1) is 27.1. The van der Waals surface area contributed by atoms with E-state index in [1.165, 1.54) is 39.3 Å². The summed E-state index contributed by atoms with van der Waals surface area (Å²) in [5.74, 6) is -0.302. The summed E-state index contributed by atoms with van der Waals surface area (Å²) in [6.45, 7) is 7.29. The molecule has 0 spiro atoms. The van der Waals surface area contributed by atoms with Crippen molar-refractivity contribution in [3.05, 3.63) is 56.9 Å². The fourth-order valence-electron chi connectivity index (χ4n) is 7.22. The molecule has 0 aliphatic carbocycles. The van der Waals surface area contributed by atoms with Crippen LogP contribution in [0.25, 0.3) is 22.3 Å². The Labute approximate surface area is 243 Å². The molecule has 0 saturated carbocycles. The second-order valence-corrected chi connectivity index (χ2v) is 12.1. The summed E-state index contributed by atoms with van der Waals surface area (Å²) in [7, 11) is 0. The minimum atomic E-state index is -1.91. The van der Waals surface area contributed by atoms with Crippen LogP contribution in [-0.2, 0) is 34.7 Å². The fraction of sp³-hybridized carbons (Fsp3) is 0.500. The van der Waals surface area contributed by atoms with Crippen LogP contribution in [0.5, 0.6) is 5.75 Å². The number of benzene rings is 1. The highest BCUT2D eigenvalue weighted by molar-refractivity contribution is 5.90. The SMILES string of the molecule is CCc1c2c(nc3ccc(OC(=O)N4CCC(N5CCCCC5)CC4)cc13)-c1cc3c(c(=O)n1C2)COC(=O)[C@@]3(C)O. The number of aryl methyl sites for hydroxylation is 1. The summed E-state index contributed by atoms with van der Waals surface area (Å²) < 4.78 is 12.6. The predicted molar refractivity (Wildman–Crippen MR) is 155 cm³/mol. The van der Waals surface area contributed by atoms with Crippen molar-refractivity contribution in [2.45, 2.75) is 77.2 Å². The molecule has 1 N–H and O–H groups in total. The third-order valence-corrected chi connectivity index (χ3v) is 9.59. The first-order valence-electron chi connectivity index (χ1n) is 15.1. The summed E-state index contributed by atoms with van der Waals surface area (Å²) in [5, 5.41) is 11.7. The smallest absolute Gasteiger partial charge is 0.415 e. The van der Waals surface area contributed by atoms with Crippen LogP contribution in [0.1, 0.15) is 68.2 Å². The standard InChI is InChI=1S/C32H36N4O6/c1-3-21-22-15-20(42-31(39)35-13-9-19(10-14-35)34-11-5-4-6-12-34)7-8-26(22)33-28-23(21)17-36-27(28)16-25-24(29(36)37)18-41-30(38)32(25,2)40/h7-8,15-16,19,40H,3-6,9-14,17-18H2,1-2H3/t32-/m0/s1. The van der Waals surface area contributed by atoms with Gasteiger partial charge in [0.15, 0.2) is 5.60 Å². The summed E-state index contributed by atoms with van der Waals surface area (Å²) in [6.07, 6.45) is 6.16. The molecule has 10 nitrogen and oxygen atoms in total. The Morgan fingerprint density at radius 1 is 1.10 bits per heavy atom. The van der Waals surface area contributed by atoms with E-state index < -0.39 is 11.6 Å². The Morgan fingerprint density at radius 2 is 1.86 bits per heavy atom. The second-order valence-electron chi connectivity index (χ2n) is 12.1. The van der Waals surface area contributed by atoms with Gasteiger partial charge in [0.1, 0.15) is 12.4 Å². The second kappa shape index (κ2) is 10.2. The molecule has 220 valence electrons. The van der Waals surface area contributed by atoms with Crippen LogP contribution in [-0.4, -0.2) is 68.7 Å².